The van der Waals surface area contributed by atoms with Gasteiger partial charge in [-0.2, -0.15) is 0 Å². The lowest BCUT2D eigenvalue weighted by Gasteiger charge is -2.31. The maximum absolute atomic E-state index is 12.0. The van der Waals surface area contributed by atoms with Crippen molar-refractivity contribution < 1.29 is 9.90 Å². The third kappa shape index (κ3) is 2.95. The zero-order chi connectivity index (χ0) is 11.5. The molecule has 2 aliphatic rings. The maximum atomic E-state index is 12.0. The summed E-state index contributed by atoms with van der Waals surface area (Å²) in [5, 5.41) is 9.39. The van der Waals surface area contributed by atoms with Crippen molar-refractivity contribution >= 4 is 5.91 Å². The summed E-state index contributed by atoms with van der Waals surface area (Å²) in [6.45, 7) is 6.09. The highest BCUT2D eigenvalue weighted by Crippen LogP contribution is 2.16. The largest absolute Gasteiger partial charge is 0.392 e. The molecule has 0 saturated carbocycles. The van der Waals surface area contributed by atoms with Crippen molar-refractivity contribution in [3.05, 3.63) is 0 Å². The van der Waals surface area contributed by atoms with Crippen LogP contribution in [0.1, 0.15) is 26.2 Å². The van der Waals surface area contributed by atoms with Gasteiger partial charge in [0.05, 0.1) is 12.6 Å². The fourth-order valence-corrected chi connectivity index (χ4v) is 2.51. The first-order valence-corrected chi connectivity index (χ1v) is 6.33. The summed E-state index contributed by atoms with van der Waals surface area (Å²) in [4.78, 5) is 16.0. The number of rotatable bonds is 2. The van der Waals surface area contributed by atoms with Crippen molar-refractivity contribution in [2.75, 3.05) is 32.7 Å². The third-order valence-electron chi connectivity index (χ3n) is 3.74. The molecule has 4 heteroatoms. The van der Waals surface area contributed by atoms with Gasteiger partial charge in [0.15, 0.2) is 0 Å². The van der Waals surface area contributed by atoms with E-state index in [4.69, 9.17) is 0 Å². The second-order valence-corrected chi connectivity index (χ2v) is 5.24. The lowest BCUT2D eigenvalue weighted by atomic mass is 9.99. The first-order chi connectivity index (χ1) is 7.65. The Hall–Kier alpha value is -0.610. The Bertz CT molecular complexity index is 249. The van der Waals surface area contributed by atoms with Gasteiger partial charge in [0, 0.05) is 26.2 Å². The number of carbonyl (C=O) groups excluding carboxylic acids is 1. The number of nitrogens with zero attached hydrogens (tertiary/aromatic N) is 2. The second kappa shape index (κ2) is 5.15. The van der Waals surface area contributed by atoms with E-state index in [0.29, 0.717) is 13.1 Å². The molecule has 0 bridgehead atoms. The van der Waals surface area contributed by atoms with Gasteiger partial charge in [-0.15, -0.1) is 0 Å². The number of β-amino-alcohol motifs (C(OH)–C–C–N with tert-alkyl or cyclic N) is 1. The molecule has 2 aliphatic heterocycles. The van der Waals surface area contributed by atoms with Gasteiger partial charge in [-0.25, -0.2) is 0 Å². The van der Waals surface area contributed by atoms with E-state index in [1.807, 2.05) is 4.90 Å². The Labute approximate surface area is 97.2 Å². The van der Waals surface area contributed by atoms with Crippen LogP contribution in [0, 0.1) is 5.92 Å². The van der Waals surface area contributed by atoms with E-state index in [9.17, 15) is 9.90 Å². The number of hydrogen-bond acceptors (Lipinski definition) is 3. The zero-order valence-electron chi connectivity index (χ0n) is 10.1. The van der Waals surface area contributed by atoms with E-state index in [1.54, 1.807) is 0 Å². The molecule has 92 valence electrons. The average molecular weight is 226 g/mol. The van der Waals surface area contributed by atoms with Crippen molar-refractivity contribution in [3.8, 4) is 0 Å². The van der Waals surface area contributed by atoms with Gasteiger partial charge in [-0.05, 0) is 25.2 Å². The molecule has 4 nitrogen and oxygen atoms in total. The second-order valence-electron chi connectivity index (χ2n) is 5.24. The summed E-state index contributed by atoms with van der Waals surface area (Å²) >= 11 is 0. The molecule has 0 aromatic heterocycles. The molecule has 0 aliphatic carbocycles. The highest BCUT2D eigenvalue weighted by molar-refractivity contribution is 5.78. The molecule has 2 saturated heterocycles. The summed E-state index contributed by atoms with van der Waals surface area (Å²) in [6.07, 6.45) is 2.85. The van der Waals surface area contributed by atoms with Gasteiger partial charge < -0.3 is 10.0 Å². The highest BCUT2D eigenvalue weighted by atomic mass is 16.3. The first kappa shape index (κ1) is 11.9. The zero-order valence-corrected chi connectivity index (χ0v) is 10.1. The fourth-order valence-electron chi connectivity index (χ4n) is 2.51. The highest BCUT2D eigenvalue weighted by Gasteiger charge is 2.25. The Kier molecular flexibility index (Phi) is 3.82. The van der Waals surface area contributed by atoms with Gasteiger partial charge in [0.25, 0.3) is 0 Å². The minimum atomic E-state index is -0.228. The van der Waals surface area contributed by atoms with E-state index in [2.05, 4.69) is 11.8 Å². The van der Waals surface area contributed by atoms with Crippen LogP contribution < -0.4 is 0 Å². The molecule has 2 rings (SSSR count). The summed E-state index contributed by atoms with van der Waals surface area (Å²) in [6, 6.07) is 0. The average Bonchev–Trinajstić information content (AvgIpc) is 2.65. The molecule has 1 atom stereocenters. The van der Waals surface area contributed by atoms with Gasteiger partial charge in [-0.3, -0.25) is 9.69 Å². The van der Waals surface area contributed by atoms with Crippen LogP contribution in [0.2, 0.25) is 0 Å². The minimum Gasteiger partial charge on any atom is -0.392 e. The number of amides is 1. The molecule has 16 heavy (non-hydrogen) atoms. The number of piperidine rings is 1. The van der Waals surface area contributed by atoms with E-state index in [1.165, 1.54) is 0 Å². The molecule has 0 spiro atoms. The molecule has 0 aromatic rings. The van der Waals surface area contributed by atoms with Crippen LogP contribution in [0.5, 0.6) is 0 Å². The van der Waals surface area contributed by atoms with Gasteiger partial charge in [-0.1, -0.05) is 6.92 Å². The number of hydrogen-bond donors (Lipinski definition) is 1. The van der Waals surface area contributed by atoms with Crippen molar-refractivity contribution in [3.63, 3.8) is 0 Å². The van der Waals surface area contributed by atoms with E-state index in [-0.39, 0.29) is 12.0 Å². The number of likely N-dealkylation sites (tertiary alicyclic amines) is 2. The van der Waals surface area contributed by atoms with Crippen LogP contribution in [0.15, 0.2) is 0 Å². The third-order valence-corrected chi connectivity index (χ3v) is 3.74. The van der Waals surface area contributed by atoms with Crippen molar-refractivity contribution in [1.82, 2.24) is 9.80 Å². The first-order valence-electron chi connectivity index (χ1n) is 6.33. The predicted octanol–water partition coefficient (Wildman–Crippen LogP) is 0.311. The van der Waals surface area contributed by atoms with Crippen molar-refractivity contribution in [2.24, 2.45) is 5.92 Å². The lowest BCUT2D eigenvalue weighted by Crippen LogP contribution is -2.43. The summed E-state index contributed by atoms with van der Waals surface area (Å²) < 4.78 is 0. The molecule has 1 N–H and O–H groups in total. The molecular weight excluding hydrogens is 204 g/mol. The molecule has 0 radical (unpaired) electrons. The Balaban J connectivity index is 1.75. The Morgan fingerprint density at radius 3 is 2.50 bits per heavy atom. The number of aliphatic hydroxyl groups is 1. The topological polar surface area (TPSA) is 43.8 Å². The Morgan fingerprint density at radius 1 is 1.25 bits per heavy atom. The van der Waals surface area contributed by atoms with E-state index >= 15 is 0 Å². The van der Waals surface area contributed by atoms with Gasteiger partial charge >= 0.3 is 0 Å². The summed E-state index contributed by atoms with van der Waals surface area (Å²) in [5.74, 6) is 0.999. The van der Waals surface area contributed by atoms with Crippen LogP contribution >= 0.6 is 0 Å². The maximum Gasteiger partial charge on any atom is 0.236 e. The minimum absolute atomic E-state index is 0.228. The lowest BCUT2D eigenvalue weighted by molar-refractivity contribution is -0.133. The van der Waals surface area contributed by atoms with Crippen molar-refractivity contribution in [2.45, 2.75) is 32.3 Å². The molecule has 2 fully saturated rings. The Morgan fingerprint density at radius 2 is 1.94 bits per heavy atom. The standard InChI is InChI=1S/C12H22N2O2/c1-10-2-6-14(7-3-10)12(16)9-13-5-4-11(15)8-13/h10-11,15H,2-9H2,1H3. The van der Waals surface area contributed by atoms with Crippen LogP contribution in [-0.4, -0.2) is 59.6 Å². The van der Waals surface area contributed by atoms with E-state index in [0.717, 1.165) is 44.8 Å². The number of carbonyl (C=O) groups is 1. The number of aliphatic hydroxyl groups excluding tert-OH is 1. The van der Waals surface area contributed by atoms with Crippen LogP contribution in [0.3, 0.4) is 0 Å². The van der Waals surface area contributed by atoms with Crippen LogP contribution in [0.25, 0.3) is 0 Å². The predicted molar refractivity (Wildman–Crippen MR) is 62.0 cm³/mol. The van der Waals surface area contributed by atoms with E-state index < -0.39 is 0 Å². The quantitative estimate of drug-likeness (QED) is 0.737. The van der Waals surface area contributed by atoms with Gasteiger partial charge in [0.1, 0.15) is 0 Å². The fraction of sp³-hybridized carbons (Fsp3) is 0.917. The molecule has 2 heterocycles. The summed E-state index contributed by atoms with van der Waals surface area (Å²) in [5.41, 5.74) is 0. The molecule has 1 amide bonds. The van der Waals surface area contributed by atoms with Crippen LogP contribution in [0.4, 0.5) is 0 Å². The smallest absolute Gasteiger partial charge is 0.236 e. The monoisotopic (exact) mass is 226 g/mol. The molecular formula is C12H22N2O2. The van der Waals surface area contributed by atoms with Gasteiger partial charge in [0.2, 0.25) is 5.91 Å². The van der Waals surface area contributed by atoms with Crippen LogP contribution in [-0.2, 0) is 4.79 Å². The normalized spacial score (nSPS) is 28.6. The molecule has 0 aromatic carbocycles. The van der Waals surface area contributed by atoms with Crippen molar-refractivity contribution in [1.29, 1.82) is 0 Å². The SMILES string of the molecule is CC1CCN(C(=O)CN2CCC(O)C2)CC1. The summed E-state index contributed by atoms with van der Waals surface area (Å²) in [7, 11) is 0. The molecule has 1 unspecified atom stereocenters.